The third kappa shape index (κ3) is 5.90. The van der Waals surface area contributed by atoms with Gasteiger partial charge in [-0.15, -0.1) is 0 Å². The van der Waals surface area contributed by atoms with Gasteiger partial charge >= 0.3 is 181 Å². The maximum atomic E-state index is 13.3. The Hall–Kier alpha value is -2.53. The van der Waals surface area contributed by atoms with Gasteiger partial charge in [0.15, 0.2) is 0 Å². The van der Waals surface area contributed by atoms with Gasteiger partial charge < -0.3 is 29.4 Å². The first kappa shape index (κ1) is 40.2. The van der Waals surface area contributed by atoms with E-state index in [9.17, 15) is 39.5 Å². The van der Waals surface area contributed by atoms with Crippen LogP contribution >= 0.6 is 0 Å². The molecule has 0 fully saturated rings. The first-order chi connectivity index (χ1) is 22.2. The van der Waals surface area contributed by atoms with Crippen LogP contribution < -0.4 is 24.8 Å². The Balaban J connectivity index is 0.000000239. The molecule has 2 aliphatic heterocycles. The molecule has 0 saturated heterocycles. The second kappa shape index (κ2) is 13.5. The molecule has 0 amide bonds. The van der Waals surface area contributed by atoms with Gasteiger partial charge in [0.2, 0.25) is 0 Å². The minimum Gasteiger partial charge on any atom is -1.00 e. The smallest absolute Gasteiger partial charge is 1.00 e. The van der Waals surface area contributed by atoms with Crippen molar-refractivity contribution in [2.24, 2.45) is 0 Å². The molecule has 0 spiro atoms. The number of fused-ring (bicyclic) bond motifs is 1. The fourth-order valence-corrected chi connectivity index (χ4v) is 13.0. The third-order valence-corrected chi connectivity index (χ3v) is 15.9. The Morgan fingerprint density at radius 1 is 0.680 bits per heavy atom. The minimum atomic E-state index is -6.63. The van der Waals surface area contributed by atoms with Crippen molar-refractivity contribution in [2.75, 3.05) is 0 Å². The van der Waals surface area contributed by atoms with Gasteiger partial charge in [-0.1, -0.05) is 36.9 Å². The summed E-state index contributed by atoms with van der Waals surface area (Å²) < 4.78 is 122. The van der Waals surface area contributed by atoms with Gasteiger partial charge in [0.05, 0.1) is 8.07 Å². The summed E-state index contributed by atoms with van der Waals surface area (Å²) in [7, 11) is -1.17. The zero-order valence-electron chi connectivity index (χ0n) is 26.9. The maximum Gasteiger partial charge on any atom is -1.00 e. The Morgan fingerprint density at radius 2 is 1.24 bits per heavy atom. The summed E-state index contributed by atoms with van der Waals surface area (Å²) in [6, 6.07) is 20.4. The number of hydrogen-bond acceptors (Lipinski definition) is 0. The average Bonchev–Trinajstić information content (AvgIpc) is 3.67. The van der Waals surface area contributed by atoms with Gasteiger partial charge in [0, 0.05) is 23.1 Å². The molecule has 2 bridgehead atoms. The van der Waals surface area contributed by atoms with E-state index in [1.54, 1.807) is 28.5 Å². The van der Waals surface area contributed by atoms with Crippen LogP contribution in [0.5, 0.6) is 0 Å². The minimum absolute atomic E-state index is 0. The van der Waals surface area contributed by atoms with Crippen LogP contribution in [0.25, 0.3) is 28.1 Å². The van der Waals surface area contributed by atoms with Crippen LogP contribution in [-0.2, 0) is 30.1 Å². The molecule has 0 saturated carbocycles. The summed E-state index contributed by atoms with van der Waals surface area (Å²) in [5, 5.41) is 1.70. The zero-order chi connectivity index (χ0) is 35.2. The summed E-state index contributed by atoms with van der Waals surface area (Å²) in [4.78, 5) is 0. The molecular formula is C36H29Cl2F9NSiZr. The van der Waals surface area contributed by atoms with Gasteiger partial charge in [0.25, 0.3) is 0 Å². The molecule has 1 aromatic heterocycles. The topological polar surface area (TPSA) is 4.93 Å². The molecule has 0 radical (unpaired) electrons. The van der Waals surface area contributed by atoms with Crippen molar-refractivity contribution in [1.82, 2.24) is 4.57 Å². The van der Waals surface area contributed by atoms with E-state index in [1.165, 1.54) is 36.1 Å². The maximum absolute atomic E-state index is 13.3. The van der Waals surface area contributed by atoms with Crippen LogP contribution in [0, 0.1) is 0 Å². The number of allylic oxidation sites excluding steroid dienone is 2. The van der Waals surface area contributed by atoms with Gasteiger partial charge in [0.1, 0.15) is 0 Å². The van der Waals surface area contributed by atoms with Crippen LogP contribution in [0.3, 0.4) is 0 Å². The van der Waals surface area contributed by atoms with Gasteiger partial charge in [-0.2, -0.15) is 0 Å². The first-order valence-corrected chi connectivity index (χ1v) is 19.6. The standard InChI is InChI=1S/C20H12F9.C16H17NSi.2ClH.Zr/c1-11-9-13-3-2-4-15(16(13)10-11)12-5-7-14(8-6-12)17(18(21,22)23,19(24,25)26)20(27,28)29;1-11-15-13-9-10-17(12-7-5-4-6-8-12)14(13)16(11)18(15,2)3;;;/h2-10H,1H3;4-10,15H,1-3H3;2*1H;/q;;;;+2/p-2. The molecule has 263 valence electrons. The Kier molecular flexibility index (Phi) is 10.8. The van der Waals surface area contributed by atoms with Crippen LogP contribution in [0.15, 0.2) is 96.2 Å². The summed E-state index contributed by atoms with van der Waals surface area (Å²) >= 11 is 1.21. The summed E-state index contributed by atoms with van der Waals surface area (Å²) in [5.74, 6) is 0. The number of aromatic nitrogens is 1. The molecule has 2 atom stereocenters. The number of nitrogens with zero attached hydrogens (tertiary/aromatic N) is 1. The number of hydrogen-bond donors (Lipinski definition) is 0. The number of alkyl halides is 9. The summed E-state index contributed by atoms with van der Waals surface area (Å²) in [6.45, 7) is 9.24. The van der Waals surface area contributed by atoms with Crippen molar-refractivity contribution >= 4 is 19.3 Å². The van der Waals surface area contributed by atoms with E-state index in [4.69, 9.17) is 0 Å². The molecule has 4 aromatic rings. The van der Waals surface area contributed by atoms with Crippen molar-refractivity contribution < 1.29 is 89.0 Å². The van der Waals surface area contributed by atoms with Crippen molar-refractivity contribution in [1.29, 1.82) is 0 Å². The van der Waals surface area contributed by atoms with E-state index in [0.717, 1.165) is 34.4 Å². The predicted octanol–water partition coefficient (Wildman–Crippen LogP) is 5.44. The van der Waals surface area contributed by atoms with E-state index in [-0.39, 0.29) is 46.1 Å². The van der Waals surface area contributed by atoms with E-state index in [1.807, 2.05) is 19.1 Å². The quantitative estimate of drug-likeness (QED) is 0.192. The predicted molar refractivity (Wildman–Crippen MR) is 167 cm³/mol. The number of halogens is 11. The molecule has 0 N–H and O–H groups in total. The van der Waals surface area contributed by atoms with Crippen molar-refractivity contribution in [3.63, 3.8) is 0 Å². The normalized spacial score (nSPS) is 18.9. The molecule has 4 aliphatic rings. The molecule has 8 rings (SSSR count). The SMILES string of the molecule is CC1=C2c3c(ccn3-c3ccccc3)C1[Si]2(C)C.CC1=Cc2c(-c3ccc(C(C(F)(F)F)(C(F)(F)F)C(F)(F)F)cc3)cccc2[CH]1[Zr+2].[Cl-].[Cl-]. The summed E-state index contributed by atoms with van der Waals surface area (Å²) in [5.41, 5.74) is 2.45. The molecule has 14 heteroatoms. The van der Waals surface area contributed by atoms with E-state index in [0.29, 0.717) is 5.56 Å². The second-order valence-electron chi connectivity index (χ2n) is 13.0. The molecular weight excluding hydrogens is 808 g/mol. The van der Waals surface area contributed by atoms with Gasteiger partial charge in [-0.05, 0) is 35.9 Å². The molecule has 2 unspecified atom stereocenters. The third-order valence-electron chi connectivity index (χ3n) is 9.88. The molecule has 1 nitrogen and oxygen atoms in total. The average molecular weight is 837 g/mol. The monoisotopic (exact) mass is 834 g/mol. The Morgan fingerprint density at radius 3 is 1.76 bits per heavy atom. The number of para-hydroxylation sites is 1. The molecule has 3 aromatic carbocycles. The first-order valence-electron chi connectivity index (χ1n) is 15.1. The summed E-state index contributed by atoms with van der Waals surface area (Å²) in [6.07, 6.45) is -15.8. The zero-order valence-corrected chi connectivity index (χ0v) is 31.9. The Labute approximate surface area is 312 Å². The van der Waals surface area contributed by atoms with Gasteiger partial charge in [-0.25, -0.2) is 0 Å². The largest absolute Gasteiger partial charge is 1.00 e. The van der Waals surface area contributed by atoms with Crippen LogP contribution in [0.2, 0.25) is 13.1 Å². The molecule has 50 heavy (non-hydrogen) atoms. The fourth-order valence-electron chi connectivity index (χ4n) is 7.80. The van der Waals surface area contributed by atoms with Crippen molar-refractivity contribution in [2.45, 2.75) is 60.1 Å². The van der Waals surface area contributed by atoms with E-state index in [2.05, 4.69) is 67.2 Å². The van der Waals surface area contributed by atoms with Crippen LogP contribution in [0.1, 0.15) is 51.0 Å². The Bertz CT molecular complexity index is 1920. The molecule has 3 heterocycles. The molecule has 2 aliphatic carbocycles. The fraction of sp³-hybridized carbons (Fsp3) is 0.278. The number of benzene rings is 3. The van der Waals surface area contributed by atoms with Crippen molar-refractivity contribution in [3.05, 3.63) is 124 Å². The van der Waals surface area contributed by atoms with E-state index >= 15 is 0 Å². The van der Waals surface area contributed by atoms with Crippen LogP contribution in [0.4, 0.5) is 39.5 Å². The number of rotatable bonds is 3. The second-order valence-corrected chi connectivity index (χ2v) is 18.9. The van der Waals surface area contributed by atoms with Gasteiger partial charge in [-0.3, -0.25) is 0 Å². The van der Waals surface area contributed by atoms with Crippen LogP contribution in [-0.4, -0.2) is 31.2 Å². The van der Waals surface area contributed by atoms with E-state index < -0.39 is 37.6 Å². The van der Waals surface area contributed by atoms with Crippen molar-refractivity contribution in [3.8, 4) is 16.8 Å².